The van der Waals surface area contributed by atoms with Gasteiger partial charge in [0, 0.05) is 6.04 Å². The van der Waals surface area contributed by atoms with E-state index in [2.05, 4.69) is 36.1 Å². The first kappa shape index (κ1) is 13.6. The summed E-state index contributed by atoms with van der Waals surface area (Å²) < 4.78 is 0. The molecule has 0 radical (unpaired) electrons. The van der Waals surface area contributed by atoms with E-state index in [4.69, 9.17) is 0 Å². The van der Waals surface area contributed by atoms with Crippen LogP contribution in [0, 0.1) is 0 Å². The quantitative estimate of drug-likeness (QED) is 0.881. The van der Waals surface area contributed by atoms with E-state index in [0.29, 0.717) is 6.04 Å². The van der Waals surface area contributed by atoms with Crippen molar-refractivity contribution in [3.05, 3.63) is 35.9 Å². The van der Waals surface area contributed by atoms with Gasteiger partial charge in [-0.05, 0) is 31.4 Å². The predicted octanol–water partition coefficient (Wildman–Crippen LogP) is 3.37. The van der Waals surface area contributed by atoms with Crippen LogP contribution in [0.1, 0.15) is 50.6 Å². The minimum atomic E-state index is 0.175. The SMILES string of the molecule is CC[C@H]1CCCCCN1[C@@H](CO)c1ccccc1. The zero-order valence-corrected chi connectivity index (χ0v) is 11.4. The molecule has 100 valence electrons. The minimum absolute atomic E-state index is 0.175. The monoisotopic (exact) mass is 247 g/mol. The van der Waals surface area contributed by atoms with Gasteiger partial charge in [0.05, 0.1) is 12.6 Å². The summed E-state index contributed by atoms with van der Waals surface area (Å²) in [6.07, 6.45) is 6.39. The van der Waals surface area contributed by atoms with Gasteiger partial charge in [0.15, 0.2) is 0 Å². The molecule has 1 fully saturated rings. The highest BCUT2D eigenvalue weighted by Gasteiger charge is 2.27. The molecule has 2 rings (SSSR count). The maximum Gasteiger partial charge on any atom is 0.0628 e. The van der Waals surface area contributed by atoms with Gasteiger partial charge in [0.1, 0.15) is 0 Å². The molecule has 1 aliphatic rings. The number of hydrogen-bond acceptors (Lipinski definition) is 2. The van der Waals surface area contributed by atoms with Crippen LogP contribution in [0.5, 0.6) is 0 Å². The van der Waals surface area contributed by atoms with Crippen LogP contribution >= 0.6 is 0 Å². The third-order valence-electron chi connectivity index (χ3n) is 4.15. The van der Waals surface area contributed by atoms with Gasteiger partial charge in [0.25, 0.3) is 0 Å². The fourth-order valence-corrected chi connectivity index (χ4v) is 3.13. The summed E-state index contributed by atoms with van der Waals surface area (Å²) in [5, 5.41) is 9.80. The Kier molecular flexibility index (Phi) is 5.21. The van der Waals surface area contributed by atoms with Crippen molar-refractivity contribution in [3.63, 3.8) is 0 Å². The number of nitrogens with zero attached hydrogens (tertiary/aromatic N) is 1. The van der Waals surface area contributed by atoms with Crippen molar-refractivity contribution in [2.24, 2.45) is 0 Å². The van der Waals surface area contributed by atoms with E-state index in [-0.39, 0.29) is 12.6 Å². The highest BCUT2D eigenvalue weighted by Crippen LogP contribution is 2.29. The van der Waals surface area contributed by atoms with Gasteiger partial charge in [-0.15, -0.1) is 0 Å². The van der Waals surface area contributed by atoms with Gasteiger partial charge in [-0.25, -0.2) is 0 Å². The first-order valence-electron chi connectivity index (χ1n) is 7.28. The van der Waals surface area contributed by atoms with Crippen LogP contribution in [-0.2, 0) is 0 Å². The Labute approximate surface area is 111 Å². The zero-order chi connectivity index (χ0) is 12.8. The second-order valence-corrected chi connectivity index (χ2v) is 5.26. The Hall–Kier alpha value is -0.860. The maximum atomic E-state index is 9.80. The van der Waals surface area contributed by atoms with Crippen LogP contribution in [0.3, 0.4) is 0 Å². The Morgan fingerprint density at radius 3 is 2.67 bits per heavy atom. The van der Waals surface area contributed by atoms with Crippen LogP contribution in [0.25, 0.3) is 0 Å². The zero-order valence-electron chi connectivity index (χ0n) is 11.4. The lowest BCUT2D eigenvalue weighted by Crippen LogP contribution is -2.39. The predicted molar refractivity (Wildman–Crippen MR) is 75.5 cm³/mol. The summed E-state index contributed by atoms with van der Waals surface area (Å²) in [6, 6.07) is 11.3. The molecule has 0 unspecified atom stereocenters. The van der Waals surface area contributed by atoms with Gasteiger partial charge < -0.3 is 5.11 Å². The van der Waals surface area contributed by atoms with Crippen molar-refractivity contribution >= 4 is 0 Å². The molecule has 1 heterocycles. The highest BCUT2D eigenvalue weighted by molar-refractivity contribution is 5.19. The standard InChI is InChI=1S/C16H25NO/c1-2-15-11-7-4-8-12-17(15)16(13-18)14-9-5-3-6-10-14/h3,5-6,9-10,15-16,18H,2,4,7-8,11-13H2,1H3/t15-,16-/m0/s1. The number of likely N-dealkylation sites (tertiary alicyclic amines) is 1. The third-order valence-corrected chi connectivity index (χ3v) is 4.15. The van der Waals surface area contributed by atoms with Crippen molar-refractivity contribution in [2.45, 2.75) is 51.1 Å². The van der Waals surface area contributed by atoms with Crippen LogP contribution < -0.4 is 0 Å². The summed E-state index contributed by atoms with van der Waals surface area (Å²) in [7, 11) is 0. The van der Waals surface area contributed by atoms with Crippen molar-refractivity contribution in [2.75, 3.05) is 13.2 Å². The normalized spacial score (nSPS) is 23.6. The molecular weight excluding hydrogens is 222 g/mol. The van der Waals surface area contributed by atoms with Crippen molar-refractivity contribution < 1.29 is 5.11 Å². The largest absolute Gasteiger partial charge is 0.394 e. The molecule has 2 atom stereocenters. The smallest absolute Gasteiger partial charge is 0.0628 e. The molecule has 1 aliphatic heterocycles. The highest BCUT2D eigenvalue weighted by atomic mass is 16.3. The van der Waals surface area contributed by atoms with Crippen LogP contribution in [0.2, 0.25) is 0 Å². The van der Waals surface area contributed by atoms with E-state index in [1.807, 2.05) is 6.07 Å². The lowest BCUT2D eigenvalue weighted by Gasteiger charge is -2.36. The molecule has 2 nitrogen and oxygen atoms in total. The molecule has 1 N–H and O–H groups in total. The van der Waals surface area contributed by atoms with Crippen LogP contribution in [0.4, 0.5) is 0 Å². The average molecular weight is 247 g/mol. The van der Waals surface area contributed by atoms with Crippen molar-refractivity contribution in [1.82, 2.24) is 4.90 Å². The number of aliphatic hydroxyl groups excluding tert-OH is 1. The Morgan fingerprint density at radius 2 is 2.00 bits per heavy atom. The van der Waals surface area contributed by atoms with Gasteiger partial charge in [0.2, 0.25) is 0 Å². The summed E-state index contributed by atoms with van der Waals surface area (Å²) in [4.78, 5) is 2.53. The molecule has 18 heavy (non-hydrogen) atoms. The molecular formula is C16H25NO. The molecule has 2 heteroatoms. The molecule has 0 spiro atoms. The topological polar surface area (TPSA) is 23.5 Å². The maximum absolute atomic E-state index is 9.80. The number of benzene rings is 1. The molecule has 0 amide bonds. The molecule has 0 bridgehead atoms. The molecule has 1 saturated heterocycles. The van der Waals surface area contributed by atoms with E-state index < -0.39 is 0 Å². The minimum Gasteiger partial charge on any atom is -0.394 e. The van der Waals surface area contributed by atoms with Crippen LogP contribution in [0.15, 0.2) is 30.3 Å². The first-order chi connectivity index (χ1) is 8.86. The molecule has 1 aromatic rings. The Morgan fingerprint density at radius 1 is 1.22 bits per heavy atom. The number of rotatable bonds is 4. The van der Waals surface area contributed by atoms with Gasteiger partial charge in [-0.3, -0.25) is 4.90 Å². The van der Waals surface area contributed by atoms with E-state index in [9.17, 15) is 5.11 Å². The number of hydrogen-bond donors (Lipinski definition) is 1. The summed E-state index contributed by atoms with van der Waals surface area (Å²) in [5.41, 5.74) is 1.25. The van der Waals surface area contributed by atoms with Gasteiger partial charge >= 0.3 is 0 Å². The van der Waals surface area contributed by atoms with Crippen molar-refractivity contribution in [1.29, 1.82) is 0 Å². The van der Waals surface area contributed by atoms with E-state index in [1.165, 1.54) is 37.7 Å². The van der Waals surface area contributed by atoms with E-state index in [0.717, 1.165) is 6.54 Å². The van der Waals surface area contributed by atoms with E-state index in [1.54, 1.807) is 0 Å². The molecule has 1 aromatic carbocycles. The first-order valence-corrected chi connectivity index (χ1v) is 7.28. The molecule has 0 saturated carbocycles. The molecule has 0 aromatic heterocycles. The third kappa shape index (κ3) is 3.12. The fourth-order valence-electron chi connectivity index (χ4n) is 3.13. The molecule has 0 aliphatic carbocycles. The lowest BCUT2D eigenvalue weighted by molar-refractivity contribution is 0.0822. The summed E-state index contributed by atoms with van der Waals surface area (Å²) in [5.74, 6) is 0. The van der Waals surface area contributed by atoms with Gasteiger partial charge in [-0.2, -0.15) is 0 Å². The summed E-state index contributed by atoms with van der Waals surface area (Å²) >= 11 is 0. The fraction of sp³-hybridized carbons (Fsp3) is 0.625. The van der Waals surface area contributed by atoms with Gasteiger partial charge in [-0.1, -0.05) is 50.1 Å². The van der Waals surface area contributed by atoms with Crippen molar-refractivity contribution in [3.8, 4) is 0 Å². The second-order valence-electron chi connectivity index (χ2n) is 5.26. The Balaban J connectivity index is 2.19. The lowest BCUT2D eigenvalue weighted by atomic mass is 10.0. The van der Waals surface area contributed by atoms with E-state index >= 15 is 0 Å². The second kappa shape index (κ2) is 6.91. The average Bonchev–Trinajstić information content (AvgIpc) is 2.66. The number of aliphatic hydroxyl groups is 1. The Bertz CT molecular complexity index is 338. The summed E-state index contributed by atoms with van der Waals surface area (Å²) in [6.45, 7) is 3.61. The van der Waals surface area contributed by atoms with Crippen LogP contribution in [-0.4, -0.2) is 29.2 Å².